The first-order chi connectivity index (χ1) is 15.2. The maximum Gasteiger partial charge on any atom is 0.421 e. The van der Waals surface area contributed by atoms with Gasteiger partial charge in [0, 0.05) is 11.3 Å². The maximum absolute atomic E-state index is 12.8. The maximum atomic E-state index is 12.8. The van der Waals surface area contributed by atoms with Gasteiger partial charge in [-0.3, -0.25) is 0 Å². The van der Waals surface area contributed by atoms with Crippen LogP contribution in [0.4, 0.5) is 4.79 Å². The molecule has 8 heteroatoms. The second-order valence-electron chi connectivity index (χ2n) is 7.66. The van der Waals surface area contributed by atoms with Gasteiger partial charge in [0.15, 0.2) is 0 Å². The lowest BCUT2D eigenvalue weighted by Gasteiger charge is -2.13. The smallest absolute Gasteiger partial charge is 0.421 e. The molecule has 3 aromatic rings. The Balaban J connectivity index is 1.95. The molecule has 1 heterocycles. The quantitative estimate of drug-likeness (QED) is 0.520. The molecule has 0 fully saturated rings. The minimum absolute atomic E-state index is 0.0148. The summed E-state index contributed by atoms with van der Waals surface area (Å²) in [5.41, 5.74) is 5.14. The van der Waals surface area contributed by atoms with E-state index in [0.29, 0.717) is 5.56 Å². The van der Waals surface area contributed by atoms with E-state index in [1.54, 1.807) is 19.1 Å². The molecule has 7 nitrogen and oxygen atoms in total. The van der Waals surface area contributed by atoms with Crippen molar-refractivity contribution < 1.29 is 17.9 Å². The van der Waals surface area contributed by atoms with Crippen molar-refractivity contribution in [3.63, 3.8) is 0 Å². The second kappa shape index (κ2) is 9.99. The molecule has 170 valence electrons. The van der Waals surface area contributed by atoms with Gasteiger partial charge in [0.1, 0.15) is 0 Å². The number of rotatable bonds is 8. The van der Waals surface area contributed by atoms with Crippen LogP contribution in [0.25, 0.3) is 16.8 Å². The van der Waals surface area contributed by atoms with Crippen LogP contribution in [0.1, 0.15) is 43.6 Å². The van der Waals surface area contributed by atoms with Crippen LogP contribution < -0.4 is 4.72 Å². The standard InChI is InChI=1S/C24H29N3O4S/c1-5-7-8-20-16-18(4)27(25-20)21-12-10-19(11-13-21)22-15-17(3)9-14-23(22)32(29,30)26-24(28)31-6-2/h9-16H,5-8H2,1-4H3,(H,26,28). The number of hydrogen-bond acceptors (Lipinski definition) is 5. The lowest BCUT2D eigenvalue weighted by atomic mass is 10.0. The van der Waals surface area contributed by atoms with Crippen molar-refractivity contribution in [2.75, 3.05) is 6.61 Å². The van der Waals surface area contributed by atoms with E-state index < -0.39 is 16.1 Å². The van der Waals surface area contributed by atoms with E-state index in [1.807, 2.05) is 47.5 Å². The minimum Gasteiger partial charge on any atom is -0.449 e. The zero-order chi connectivity index (χ0) is 23.3. The van der Waals surface area contributed by atoms with E-state index in [4.69, 9.17) is 9.84 Å². The Hall–Kier alpha value is -3.13. The van der Waals surface area contributed by atoms with Gasteiger partial charge >= 0.3 is 6.09 Å². The van der Waals surface area contributed by atoms with Crippen molar-refractivity contribution in [1.29, 1.82) is 0 Å². The third kappa shape index (κ3) is 5.37. The number of amides is 1. The van der Waals surface area contributed by atoms with Gasteiger partial charge < -0.3 is 4.74 Å². The molecule has 0 unspecified atom stereocenters. The highest BCUT2D eigenvalue weighted by Crippen LogP contribution is 2.29. The first-order valence-electron chi connectivity index (χ1n) is 10.7. The SMILES string of the molecule is CCCCc1cc(C)n(-c2ccc(-c3cc(C)ccc3S(=O)(=O)NC(=O)OCC)cc2)n1. The summed E-state index contributed by atoms with van der Waals surface area (Å²) in [6.45, 7) is 7.75. The predicted octanol–water partition coefficient (Wildman–Crippen LogP) is 4.93. The molecular formula is C24H29N3O4S. The van der Waals surface area contributed by atoms with Crippen molar-refractivity contribution >= 4 is 16.1 Å². The zero-order valence-electron chi connectivity index (χ0n) is 18.9. The highest BCUT2D eigenvalue weighted by Gasteiger charge is 2.23. The van der Waals surface area contributed by atoms with Crippen molar-refractivity contribution in [3.05, 3.63) is 65.5 Å². The number of aryl methyl sites for hydroxylation is 3. The number of unbranched alkanes of at least 4 members (excludes halogenated alkanes) is 1. The molecule has 3 rings (SSSR count). The van der Waals surface area contributed by atoms with Crippen LogP contribution in [-0.2, 0) is 21.2 Å². The van der Waals surface area contributed by atoms with Crippen LogP contribution in [0.2, 0.25) is 0 Å². The molecule has 0 atom stereocenters. The van der Waals surface area contributed by atoms with Gasteiger partial charge in [-0.2, -0.15) is 5.10 Å². The summed E-state index contributed by atoms with van der Waals surface area (Å²) >= 11 is 0. The van der Waals surface area contributed by atoms with E-state index in [-0.39, 0.29) is 11.5 Å². The Bertz CT molecular complexity index is 1200. The zero-order valence-corrected chi connectivity index (χ0v) is 19.7. The third-order valence-corrected chi connectivity index (χ3v) is 6.44. The van der Waals surface area contributed by atoms with Crippen molar-refractivity contribution in [3.8, 4) is 16.8 Å². The Morgan fingerprint density at radius 1 is 1.06 bits per heavy atom. The van der Waals surface area contributed by atoms with Crippen LogP contribution in [-0.4, -0.2) is 30.9 Å². The number of nitrogens with zero attached hydrogens (tertiary/aromatic N) is 2. The Kier molecular flexibility index (Phi) is 7.35. The molecule has 0 spiro atoms. The summed E-state index contributed by atoms with van der Waals surface area (Å²) in [4.78, 5) is 11.7. The number of hydrogen-bond donors (Lipinski definition) is 1. The number of nitrogens with one attached hydrogen (secondary N) is 1. The largest absolute Gasteiger partial charge is 0.449 e. The fourth-order valence-corrected chi connectivity index (χ4v) is 4.59. The molecule has 0 aliphatic rings. The average Bonchev–Trinajstić information content (AvgIpc) is 3.12. The molecule has 0 bridgehead atoms. The normalized spacial score (nSPS) is 11.4. The molecule has 2 aromatic carbocycles. The van der Waals surface area contributed by atoms with E-state index in [0.717, 1.165) is 47.5 Å². The lowest BCUT2D eigenvalue weighted by molar-refractivity contribution is 0.158. The molecule has 32 heavy (non-hydrogen) atoms. The van der Waals surface area contributed by atoms with Gasteiger partial charge in [-0.1, -0.05) is 43.2 Å². The Morgan fingerprint density at radius 3 is 2.44 bits per heavy atom. The first-order valence-corrected chi connectivity index (χ1v) is 12.2. The van der Waals surface area contributed by atoms with Crippen molar-refractivity contribution in [1.82, 2.24) is 14.5 Å². The average molecular weight is 456 g/mol. The topological polar surface area (TPSA) is 90.3 Å². The summed E-state index contributed by atoms with van der Waals surface area (Å²) < 4.78 is 34.2. The van der Waals surface area contributed by atoms with Gasteiger partial charge in [-0.05, 0) is 63.4 Å². The van der Waals surface area contributed by atoms with Gasteiger partial charge in [-0.15, -0.1) is 0 Å². The van der Waals surface area contributed by atoms with E-state index >= 15 is 0 Å². The molecule has 0 saturated heterocycles. The Morgan fingerprint density at radius 2 is 1.78 bits per heavy atom. The number of sulfonamides is 1. The van der Waals surface area contributed by atoms with Crippen LogP contribution >= 0.6 is 0 Å². The number of carbonyl (C=O) groups excluding carboxylic acids is 1. The van der Waals surface area contributed by atoms with Gasteiger partial charge in [0.2, 0.25) is 0 Å². The summed E-state index contributed by atoms with van der Waals surface area (Å²) in [6, 6.07) is 14.6. The van der Waals surface area contributed by atoms with Crippen LogP contribution in [0.15, 0.2) is 53.4 Å². The molecular weight excluding hydrogens is 426 g/mol. The molecule has 1 N–H and O–H groups in total. The first kappa shape index (κ1) is 23.5. The fraction of sp³-hybridized carbons (Fsp3) is 0.333. The summed E-state index contributed by atoms with van der Waals surface area (Å²) in [6.07, 6.45) is 2.16. The van der Waals surface area contributed by atoms with Crippen molar-refractivity contribution in [2.45, 2.75) is 51.9 Å². The van der Waals surface area contributed by atoms with Crippen LogP contribution in [0.5, 0.6) is 0 Å². The van der Waals surface area contributed by atoms with E-state index in [1.165, 1.54) is 6.07 Å². The van der Waals surface area contributed by atoms with E-state index in [2.05, 4.69) is 13.0 Å². The lowest BCUT2D eigenvalue weighted by Crippen LogP contribution is -2.31. The van der Waals surface area contributed by atoms with Crippen LogP contribution in [0, 0.1) is 13.8 Å². The number of aromatic nitrogens is 2. The number of ether oxygens (including phenoxy) is 1. The van der Waals surface area contributed by atoms with E-state index in [9.17, 15) is 13.2 Å². The number of carbonyl (C=O) groups is 1. The molecule has 1 aromatic heterocycles. The van der Waals surface area contributed by atoms with Crippen LogP contribution in [0.3, 0.4) is 0 Å². The number of benzene rings is 2. The molecule has 0 aliphatic heterocycles. The summed E-state index contributed by atoms with van der Waals surface area (Å²) in [5.74, 6) is 0. The Labute approximate surface area is 189 Å². The molecule has 0 saturated carbocycles. The van der Waals surface area contributed by atoms with Crippen molar-refractivity contribution in [2.24, 2.45) is 0 Å². The third-order valence-electron chi connectivity index (χ3n) is 5.07. The molecule has 0 radical (unpaired) electrons. The molecule has 0 aliphatic carbocycles. The van der Waals surface area contributed by atoms with Gasteiger partial charge in [-0.25, -0.2) is 22.6 Å². The predicted molar refractivity (Wildman–Crippen MR) is 124 cm³/mol. The molecule has 1 amide bonds. The van der Waals surface area contributed by atoms with Gasteiger partial charge in [0.25, 0.3) is 10.0 Å². The monoisotopic (exact) mass is 455 g/mol. The highest BCUT2D eigenvalue weighted by molar-refractivity contribution is 7.90. The highest BCUT2D eigenvalue weighted by atomic mass is 32.2. The minimum atomic E-state index is -4.09. The summed E-state index contributed by atoms with van der Waals surface area (Å²) in [5, 5.41) is 4.70. The summed E-state index contributed by atoms with van der Waals surface area (Å²) in [7, 11) is -4.09. The second-order valence-corrected chi connectivity index (χ2v) is 9.32. The van der Waals surface area contributed by atoms with Gasteiger partial charge in [0.05, 0.1) is 22.9 Å². The fourth-order valence-electron chi connectivity index (χ4n) is 3.49.